The van der Waals surface area contributed by atoms with Gasteiger partial charge in [-0.2, -0.15) is 5.26 Å². The summed E-state index contributed by atoms with van der Waals surface area (Å²) in [6.45, 7) is 1.88. The summed E-state index contributed by atoms with van der Waals surface area (Å²) in [5.41, 5.74) is 1.04. The predicted octanol–water partition coefficient (Wildman–Crippen LogP) is 2.51. The van der Waals surface area contributed by atoms with E-state index in [1.807, 2.05) is 0 Å². The number of H-pyrrole nitrogens is 1. The summed E-state index contributed by atoms with van der Waals surface area (Å²) < 4.78 is 0. The lowest BCUT2D eigenvalue weighted by Crippen LogP contribution is -2.50. The van der Waals surface area contributed by atoms with Crippen LogP contribution in [0.2, 0.25) is 5.15 Å². The molecule has 3 unspecified atom stereocenters. The van der Waals surface area contributed by atoms with Crippen molar-refractivity contribution in [1.29, 1.82) is 5.26 Å². The highest BCUT2D eigenvalue weighted by atomic mass is 35.5. The van der Waals surface area contributed by atoms with Crippen LogP contribution in [0.3, 0.4) is 0 Å². The number of nitriles is 1. The third-order valence-corrected chi connectivity index (χ3v) is 6.25. The number of carbonyl (C=O) groups excluding carboxylic acids is 2. The second-order valence-electron chi connectivity index (χ2n) is 8.62. The number of fused-ring (bicyclic) bond motifs is 1. The first-order valence-corrected chi connectivity index (χ1v) is 11.3. The van der Waals surface area contributed by atoms with Gasteiger partial charge in [0.25, 0.3) is 5.91 Å². The van der Waals surface area contributed by atoms with Gasteiger partial charge < -0.3 is 20.9 Å². The molecule has 8 nitrogen and oxygen atoms in total. The summed E-state index contributed by atoms with van der Waals surface area (Å²) in [6, 6.07) is 4.35. The fourth-order valence-corrected chi connectivity index (χ4v) is 4.32. The summed E-state index contributed by atoms with van der Waals surface area (Å²) >= 11 is 5.92. The third-order valence-electron chi connectivity index (χ3n) is 6.04. The molecule has 1 aliphatic heterocycles. The van der Waals surface area contributed by atoms with Crippen molar-refractivity contribution in [2.24, 2.45) is 11.8 Å². The van der Waals surface area contributed by atoms with E-state index in [0.717, 1.165) is 44.2 Å². The summed E-state index contributed by atoms with van der Waals surface area (Å²) in [7, 11) is 0. The number of hydrogen-bond donors (Lipinski definition) is 4. The number of aromatic amines is 1. The van der Waals surface area contributed by atoms with Gasteiger partial charge in [0.15, 0.2) is 0 Å². The van der Waals surface area contributed by atoms with Crippen molar-refractivity contribution in [3.8, 4) is 6.07 Å². The van der Waals surface area contributed by atoms with E-state index in [1.54, 1.807) is 18.3 Å². The van der Waals surface area contributed by atoms with Gasteiger partial charge >= 0.3 is 0 Å². The molecule has 3 atom stereocenters. The number of aromatic nitrogens is 2. The summed E-state index contributed by atoms with van der Waals surface area (Å²) in [5, 5.41) is 19.7. The number of nitrogens with one attached hydrogen (secondary N) is 4. The van der Waals surface area contributed by atoms with E-state index in [1.165, 1.54) is 0 Å². The minimum absolute atomic E-state index is 0.295. The Morgan fingerprint density at radius 3 is 2.77 bits per heavy atom. The molecule has 164 valence electrons. The molecule has 0 aromatic carbocycles. The highest BCUT2D eigenvalue weighted by molar-refractivity contribution is 6.30. The Balaban J connectivity index is 1.41. The van der Waals surface area contributed by atoms with Crippen LogP contribution in [0.5, 0.6) is 0 Å². The fraction of sp³-hybridized carbons (Fsp3) is 0.545. The standard InChI is InChI=1S/C22H27ClN6O2/c23-20-9-15-8-18(28-19(15)12-26-20)22(31)29-17(7-13-3-4-13)21(30)27-16(10-24)6-14-2-1-5-25-11-14/h8-9,12-14,16-17,25,28H,1-7,11H2,(H,27,30)(H,29,31). The molecule has 3 heterocycles. The van der Waals surface area contributed by atoms with Crippen LogP contribution in [0, 0.1) is 23.2 Å². The highest BCUT2D eigenvalue weighted by Gasteiger charge is 2.32. The summed E-state index contributed by atoms with van der Waals surface area (Å²) in [4.78, 5) is 32.8. The van der Waals surface area contributed by atoms with Crippen molar-refractivity contribution in [3.05, 3.63) is 29.2 Å². The van der Waals surface area contributed by atoms with E-state index in [0.29, 0.717) is 41.0 Å². The average molecular weight is 443 g/mol. The molecule has 2 aliphatic rings. The van der Waals surface area contributed by atoms with Crippen molar-refractivity contribution in [1.82, 2.24) is 25.9 Å². The van der Waals surface area contributed by atoms with Crippen LogP contribution in [0.4, 0.5) is 0 Å². The van der Waals surface area contributed by atoms with Crippen molar-refractivity contribution in [2.75, 3.05) is 13.1 Å². The molecule has 9 heteroatoms. The van der Waals surface area contributed by atoms with Gasteiger partial charge in [-0.05, 0) is 62.7 Å². The molecule has 2 amide bonds. The Kier molecular flexibility index (Phi) is 6.73. The Hall–Kier alpha value is -2.63. The highest BCUT2D eigenvalue weighted by Crippen LogP contribution is 2.33. The molecule has 1 saturated heterocycles. The molecule has 0 radical (unpaired) electrons. The smallest absolute Gasteiger partial charge is 0.268 e. The van der Waals surface area contributed by atoms with Gasteiger partial charge in [-0.1, -0.05) is 24.4 Å². The second kappa shape index (κ2) is 9.67. The maximum absolute atomic E-state index is 13.0. The number of pyridine rings is 1. The van der Waals surface area contributed by atoms with Crippen LogP contribution in [-0.2, 0) is 4.79 Å². The summed E-state index contributed by atoms with van der Waals surface area (Å²) in [5.74, 6) is 0.154. The van der Waals surface area contributed by atoms with Crippen molar-refractivity contribution in [2.45, 2.75) is 50.6 Å². The van der Waals surface area contributed by atoms with E-state index in [-0.39, 0.29) is 11.8 Å². The van der Waals surface area contributed by atoms with Gasteiger partial charge in [-0.15, -0.1) is 0 Å². The van der Waals surface area contributed by atoms with Crippen LogP contribution in [0.25, 0.3) is 10.9 Å². The van der Waals surface area contributed by atoms with Gasteiger partial charge in [-0.25, -0.2) is 4.98 Å². The number of hydrogen-bond acceptors (Lipinski definition) is 5. The molecule has 2 aromatic rings. The Morgan fingerprint density at radius 1 is 1.23 bits per heavy atom. The first kappa shape index (κ1) is 21.6. The first-order valence-electron chi connectivity index (χ1n) is 10.9. The lowest BCUT2D eigenvalue weighted by Gasteiger charge is -2.26. The maximum Gasteiger partial charge on any atom is 0.268 e. The molecule has 0 bridgehead atoms. The maximum atomic E-state index is 13.0. The number of amides is 2. The SMILES string of the molecule is N#CC(CC1CCCNC1)NC(=O)C(CC1CC1)NC(=O)c1cc2cc(Cl)ncc2[nH]1. The van der Waals surface area contributed by atoms with Crippen LogP contribution >= 0.6 is 11.6 Å². The van der Waals surface area contributed by atoms with E-state index in [4.69, 9.17) is 11.6 Å². The molecule has 4 N–H and O–H groups in total. The molecular weight excluding hydrogens is 416 g/mol. The number of halogens is 1. The minimum atomic E-state index is -0.673. The molecule has 2 aromatic heterocycles. The quantitative estimate of drug-likeness (QED) is 0.468. The van der Waals surface area contributed by atoms with Crippen LogP contribution in [0.15, 0.2) is 18.3 Å². The molecule has 31 heavy (non-hydrogen) atoms. The molecule has 2 fully saturated rings. The normalized spacial score (nSPS) is 20.6. The first-order chi connectivity index (χ1) is 15.0. The van der Waals surface area contributed by atoms with Crippen LogP contribution < -0.4 is 16.0 Å². The Bertz CT molecular complexity index is 990. The lowest BCUT2D eigenvalue weighted by atomic mass is 9.92. The molecule has 1 aliphatic carbocycles. The van der Waals surface area contributed by atoms with E-state index in [2.05, 4.69) is 32.0 Å². The molecule has 4 rings (SSSR count). The van der Waals surface area contributed by atoms with Gasteiger partial charge in [0.05, 0.1) is 17.8 Å². The number of piperidine rings is 1. The van der Waals surface area contributed by atoms with Gasteiger partial charge in [0, 0.05) is 5.39 Å². The number of rotatable bonds is 8. The monoisotopic (exact) mass is 442 g/mol. The molecule has 1 saturated carbocycles. The van der Waals surface area contributed by atoms with Crippen LogP contribution in [0.1, 0.15) is 49.0 Å². The third kappa shape index (κ3) is 5.75. The number of nitrogens with zero attached hydrogens (tertiary/aromatic N) is 2. The second-order valence-corrected chi connectivity index (χ2v) is 9.01. The zero-order valence-corrected chi connectivity index (χ0v) is 18.0. The fourth-order valence-electron chi connectivity index (χ4n) is 4.16. The largest absolute Gasteiger partial charge is 0.349 e. The molecular formula is C22H27ClN6O2. The Morgan fingerprint density at radius 2 is 2.06 bits per heavy atom. The minimum Gasteiger partial charge on any atom is -0.349 e. The van der Waals surface area contributed by atoms with Crippen LogP contribution in [-0.4, -0.2) is 47.0 Å². The van der Waals surface area contributed by atoms with E-state index >= 15 is 0 Å². The van der Waals surface area contributed by atoms with Crippen molar-refractivity contribution in [3.63, 3.8) is 0 Å². The average Bonchev–Trinajstić information content (AvgIpc) is 3.49. The van der Waals surface area contributed by atoms with Crippen molar-refractivity contribution < 1.29 is 9.59 Å². The molecule has 0 spiro atoms. The zero-order chi connectivity index (χ0) is 21.8. The van der Waals surface area contributed by atoms with Gasteiger partial charge in [0.2, 0.25) is 5.91 Å². The van der Waals surface area contributed by atoms with Gasteiger partial charge in [-0.3, -0.25) is 9.59 Å². The van der Waals surface area contributed by atoms with Gasteiger partial charge in [0.1, 0.15) is 22.9 Å². The van der Waals surface area contributed by atoms with Crippen molar-refractivity contribution >= 4 is 34.3 Å². The topological polar surface area (TPSA) is 123 Å². The Labute approximate surface area is 186 Å². The summed E-state index contributed by atoms with van der Waals surface area (Å²) in [6.07, 6.45) is 7.03. The van der Waals surface area contributed by atoms with E-state index < -0.39 is 12.1 Å². The zero-order valence-electron chi connectivity index (χ0n) is 17.3. The lowest BCUT2D eigenvalue weighted by molar-refractivity contribution is -0.123. The number of carbonyl (C=O) groups is 2. The predicted molar refractivity (Wildman–Crippen MR) is 117 cm³/mol. The van der Waals surface area contributed by atoms with E-state index in [9.17, 15) is 14.9 Å².